The van der Waals surface area contributed by atoms with Crippen LogP contribution in [0.2, 0.25) is 0 Å². The number of hydrogen-bond donors (Lipinski definition) is 3. The van der Waals surface area contributed by atoms with E-state index in [0.717, 1.165) is 48.1 Å². The topological polar surface area (TPSA) is 108 Å². The molecule has 0 spiro atoms. The summed E-state index contributed by atoms with van der Waals surface area (Å²) in [5, 5.41) is 23.7. The Labute approximate surface area is 198 Å². The highest BCUT2D eigenvalue weighted by atomic mass is 16.5. The van der Waals surface area contributed by atoms with Gasteiger partial charge in [-0.3, -0.25) is 0 Å². The number of aromatic hydroxyl groups is 1. The standard InChI is InChI=1S/C26H30N4O4/c1-16-8-9-19-21(13-16)27-24(20-6-2-3-7-22(20)31)29-25(19)30-11-4-5-17(14-30)23(28-26(32)33)18-10-12-34-15-18/h2-3,6-9,13,17-18,23,28,31H,4-5,10-12,14-15H2,1H3,(H,32,33)/t17-,18?,23+/m1/s1. The summed E-state index contributed by atoms with van der Waals surface area (Å²) in [5.74, 6) is 1.79. The van der Waals surface area contributed by atoms with Crippen molar-refractivity contribution in [1.82, 2.24) is 15.3 Å². The van der Waals surface area contributed by atoms with Gasteiger partial charge in [0.15, 0.2) is 5.82 Å². The third kappa shape index (κ3) is 4.50. The third-order valence-corrected chi connectivity index (χ3v) is 7.01. The minimum atomic E-state index is -0.987. The highest BCUT2D eigenvalue weighted by Gasteiger charge is 2.36. The fraction of sp³-hybridized carbons (Fsp3) is 0.423. The number of carbonyl (C=O) groups is 1. The molecule has 3 heterocycles. The molecule has 2 saturated heterocycles. The van der Waals surface area contributed by atoms with Crippen LogP contribution in [0.15, 0.2) is 42.5 Å². The summed E-state index contributed by atoms with van der Waals surface area (Å²) in [6, 6.07) is 13.1. The summed E-state index contributed by atoms with van der Waals surface area (Å²) >= 11 is 0. The third-order valence-electron chi connectivity index (χ3n) is 7.01. The first-order chi connectivity index (χ1) is 16.5. The Morgan fingerprint density at radius 2 is 2.03 bits per heavy atom. The zero-order chi connectivity index (χ0) is 23.7. The second kappa shape index (κ2) is 9.46. The zero-order valence-electron chi connectivity index (χ0n) is 19.3. The molecule has 3 aromatic rings. The van der Waals surface area contributed by atoms with Gasteiger partial charge in [0.2, 0.25) is 0 Å². The molecule has 1 unspecified atom stereocenters. The Morgan fingerprint density at radius 1 is 1.18 bits per heavy atom. The summed E-state index contributed by atoms with van der Waals surface area (Å²) in [4.78, 5) is 23.5. The summed E-state index contributed by atoms with van der Waals surface area (Å²) in [6.07, 6.45) is 1.78. The van der Waals surface area contributed by atoms with E-state index < -0.39 is 6.09 Å². The van der Waals surface area contributed by atoms with E-state index in [-0.39, 0.29) is 23.6 Å². The summed E-state index contributed by atoms with van der Waals surface area (Å²) in [6.45, 7) is 4.83. The van der Waals surface area contributed by atoms with E-state index in [2.05, 4.69) is 22.3 Å². The molecule has 2 aromatic carbocycles. The number of para-hydroxylation sites is 1. The first-order valence-corrected chi connectivity index (χ1v) is 11.9. The van der Waals surface area contributed by atoms with E-state index in [4.69, 9.17) is 14.7 Å². The van der Waals surface area contributed by atoms with Gasteiger partial charge in [0.05, 0.1) is 17.7 Å². The van der Waals surface area contributed by atoms with Gasteiger partial charge in [-0.15, -0.1) is 0 Å². The fourth-order valence-electron chi connectivity index (χ4n) is 5.34. The van der Waals surface area contributed by atoms with Gasteiger partial charge in [0, 0.05) is 37.0 Å². The molecule has 1 amide bonds. The quantitative estimate of drug-likeness (QED) is 0.521. The molecule has 3 N–H and O–H groups in total. The number of hydrogen-bond acceptors (Lipinski definition) is 6. The molecular weight excluding hydrogens is 432 g/mol. The normalized spacial score (nSPS) is 21.5. The van der Waals surface area contributed by atoms with Gasteiger partial charge in [-0.1, -0.05) is 18.2 Å². The molecule has 0 saturated carbocycles. The molecule has 2 aliphatic rings. The monoisotopic (exact) mass is 462 g/mol. The Balaban J connectivity index is 1.53. The van der Waals surface area contributed by atoms with Crippen molar-refractivity contribution in [1.29, 1.82) is 0 Å². The summed E-state index contributed by atoms with van der Waals surface area (Å²) < 4.78 is 5.58. The van der Waals surface area contributed by atoms with Crippen LogP contribution >= 0.6 is 0 Å². The van der Waals surface area contributed by atoms with Crippen LogP contribution < -0.4 is 10.2 Å². The smallest absolute Gasteiger partial charge is 0.404 e. The Hall–Kier alpha value is -3.39. The van der Waals surface area contributed by atoms with Gasteiger partial charge in [-0.05, 0) is 61.9 Å². The van der Waals surface area contributed by atoms with Crippen molar-refractivity contribution < 1.29 is 19.7 Å². The van der Waals surface area contributed by atoms with Crippen molar-refractivity contribution in [3.05, 3.63) is 48.0 Å². The Morgan fingerprint density at radius 3 is 2.79 bits per heavy atom. The number of piperidine rings is 1. The molecule has 0 radical (unpaired) electrons. The molecule has 0 aliphatic carbocycles. The first kappa shape index (κ1) is 22.4. The number of benzene rings is 2. The van der Waals surface area contributed by atoms with Crippen LogP contribution in [0, 0.1) is 18.8 Å². The molecule has 34 heavy (non-hydrogen) atoms. The second-order valence-corrected chi connectivity index (χ2v) is 9.36. The van der Waals surface area contributed by atoms with Crippen LogP contribution in [-0.2, 0) is 4.74 Å². The largest absolute Gasteiger partial charge is 0.507 e. The SMILES string of the molecule is Cc1ccc2c(N3CCC[C@@H]([C@H](NC(=O)O)C4CCOC4)C3)nc(-c3ccccc3O)nc2c1. The average molecular weight is 463 g/mol. The van der Waals surface area contributed by atoms with Crippen molar-refractivity contribution >= 4 is 22.8 Å². The number of phenolic OH excluding ortho intramolecular Hbond substituents is 1. The number of aryl methyl sites for hydroxylation is 1. The van der Waals surface area contributed by atoms with Crippen LogP contribution in [-0.4, -0.2) is 58.6 Å². The molecule has 8 nitrogen and oxygen atoms in total. The number of ether oxygens (including phenoxy) is 1. The number of aromatic nitrogens is 2. The molecule has 5 rings (SSSR count). The average Bonchev–Trinajstić information content (AvgIpc) is 3.36. The van der Waals surface area contributed by atoms with E-state index in [1.165, 1.54) is 0 Å². The van der Waals surface area contributed by atoms with E-state index in [9.17, 15) is 15.0 Å². The van der Waals surface area contributed by atoms with Gasteiger partial charge < -0.3 is 25.2 Å². The lowest BCUT2D eigenvalue weighted by atomic mass is 9.82. The van der Waals surface area contributed by atoms with Crippen molar-refractivity contribution in [2.45, 2.75) is 32.2 Å². The second-order valence-electron chi connectivity index (χ2n) is 9.36. The molecule has 3 atom stereocenters. The highest BCUT2D eigenvalue weighted by molar-refractivity contribution is 5.92. The number of nitrogens with one attached hydrogen (secondary N) is 1. The van der Waals surface area contributed by atoms with E-state index >= 15 is 0 Å². The molecular formula is C26H30N4O4. The molecule has 1 aromatic heterocycles. The number of phenols is 1. The number of nitrogens with zero attached hydrogens (tertiary/aromatic N) is 3. The number of rotatable bonds is 5. The maximum Gasteiger partial charge on any atom is 0.404 e. The lowest BCUT2D eigenvalue weighted by Gasteiger charge is -2.39. The van der Waals surface area contributed by atoms with Crippen molar-refractivity contribution in [2.24, 2.45) is 11.8 Å². The predicted molar refractivity (Wildman–Crippen MR) is 130 cm³/mol. The van der Waals surface area contributed by atoms with Gasteiger partial charge in [0.1, 0.15) is 11.6 Å². The Bertz CT molecular complexity index is 1190. The van der Waals surface area contributed by atoms with Crippen molar-refractivity contribution in [3.63, 3.8) is 0 Å². The maximum absolute atomic E-state index is 11.6. The molecule has 178 valence electrons. The van der Waals surface area contributed by atoms with Crippen molar-refractivity contribution in [2.75, 3.05) is 31.2 Å². The minimum Gasteiger partial charge on any atom is -0.507 e. The van der Waals surface area contributed by atoms with Crippen LogP contribution in [0.1, 0.15) is 24.8 Å². The Kier molecular flexibility index (Phi) is 6.24. The molecule has 2 fully saturated rings. The van der Waals surface area contributed by atoms with Gasteiger partial charge in [0.25, 0.3) is 0 Å². The van der Waals surface area contributed by atoms with E-state index in [0.29, 0.717) is 31.1 Å². The summed E-state index contributed by atoms with van der Waals surface area (Å²) in [5.41, 5.74) is 2.52. The van der Waals surface area contributed by atoms with Crippen LogP contribution in [0.5, 0.6) is 5.75 Å². The van der Waals surface area contributed by atoms with Crippen LogP contribution in [0.25, 0.3) is 22.3 Å². The predicted octanol–water partition coefficient (Wildman–Crippen LogP) is 4.20. The number of anilines is 1. The maximum atomic E-state index is 11.6. The van der Waals surface area contributed by atoms with Gasteiger partial charge in [-0.2, -0.15) is 0 Å². The fourth-order valence-corrected chi connectivity index (χ4v) is 5.34. The molecule has 8 heteroatoms. The van der Waals surface area contributed by atoms with E-state index in [1.54, 1.807) is 12.1 Å². The van der Waals surface area contributed by atoms with Crippen molar-refractivity contribution in [3.8, 4) is 17.1 Å². The van der Waals surface area contributed by atoms with E-state index in [1.807, 2.05) is 25.1 Å². The van der Waals surface area contributed by atoms with Gasteiger partial charge in [-0.25, -0.2) is 14.8 Å². The minimum absolute atomic E-state index is 0.143. The molecule has 2 aliphatic heterocycles. The summed E-state index contributed by atoms with van der Waals surface area (Å²) in [7, 11) is 0. The highest BCUT2D eigenvalue weighted by Crippen LogP contribution is 2.35. The zero-order valence-corrected chi connectivity index (χ0v) is 19.3. The number of amides is 1. The lowest BCUT2D eigenvalue weighted by Crippen LogP contribution is -2.51. The molecule has 0 bridgehead atoms. The van der Waals surface area contributed by atoms with Crippen LogP contribution in [0.4, 0.5) is 10.6 Å². The first-order valence-electron chi connectivity index (χ1n) is 11.9. The van der Waals surface area contributed by atoms with Crippen LogP contribution in [0.3, 0.4) is 0 Å². The van der Waals surface area contributed by atoms with Gasteiger partial charge >= 0.3 is 6.09 Å². The lowest BCUT2D eigenvalue weighted by molar-refractivity contribution is 0.147. The number of carboxylic acid groups (broad SMARTS) is 1. The number of fused-ring (bicyclic) bond motifs is 1.